The van der Waals surface area contributed by atoms with Crippen molar-refractivity contribution in [3.05, 3.63) is 29.6 Å². The molecule has 2 amide bonds. The van der Waals surface area contributed by atoms with E-state index in [1.165, 1.54) is 77.0 Å². The molecule has 0 aromatic carbocycles. The van der Waals surface area contributed by atoms with Gasteiger partial charge in [-0.2, -0.15) is 0 Å². The van der Waals surface area contributed by atoms with E-state index in [2.05, 4.69) is 21.7 Å². The number of pyridine rings is 1. The highest BCUT2D eigenvalue weighted by atomic mass is 16.2. The number of aromatic nitrogens is 1. The molecular weight excluding hydrogens is 446 g/mol. The Balaban J connectivity index is 0.895. The molecule has 194 valence electrons. The fourth-order valence-electron chi connectivity index (χ4n) is 11.0. The second-order valence-corrected chi connectivity index (χ2v) is 14.4. The van der Waals surface area contributed by atoms with E-state index in [1.807, 2.05) is 12.4 Å². The van der Waals surface area contributed by atoms with Gasteiger partial charge in [0.1, 0.15) is 0 Å². The molecule has 0 unspecified atom stereocenters. The second-order valence-electron chi connectivity index (χ2n) is 14.4. The molecule has 2 N–H and O–H groups in total. The Morgan fingerprint density at radius 2 is 0.972 bits per heavy atom. The predicted molar refractivity (Wildman–Crippen MR) is 138 cm³/mol. The normalized spacial score (nSPS) is 41.4. The van der Waals surface area contributed by atoms with Gasteiger partial charge >= 0.3 is 0 Å². The Morgan fingerprint density at radius 1 is 0.639 bits per heavy atom. The maximum atomic E-state index is 12.9. The molecule has 9 rings (SSSR count). The number of carbonyl (C=O) groups is 2. The van der Waals surface area contributed by atoms with Crippen LogP contribution in [0.3, 0.4) is 0 Å². The van der Waals surface area contributed by atoms with Gasteiger partial charge in [0.2, 0.25) is 11.8 Å². The highest BCUT2D eigenvalue weighted by molar-refractivity contribution is 5.77. The molecule has 8 aliphatic rings. The zero-order chi connectivity index (χ0) is 24.3. The van der Waals surface area contributed by atoms with Crippen LogP contribution in [0.1, 0.15) is 101 Å². The van der Waals surface area contributed by atoms with Crippen molar-refractivity contribution >= 4 is 11.8 Å². The van der Waals surface area contributed by atoms with Crippen molar-refractivity contribution in [1.29, 1.82) is 0 Å². The SMILES string of the molecule is O=C(CC12CC3CC(CC(C3)C1)C2)NCc1cncc(CNC(=O)CC23CC4CC(CC(C4)C2)C3)c1. The summed E-state index contributed by atoms with van der Waals surface area (Å²) in [6.07, 6.45) is 21.2. The Kier molecular flexibility index (Phi) is 5.70. The maximum Gasteiger partial charge on any atom is 0.220 e. The van der Waals surface area contributed by atoms with E-state index < -0.39 is 0 Å². The van der Waals surface area contributed by atoms with E-state index in [4.69, 9.17) is 0 Å². The van der Waals surface area contributed by atoms with E-state index in [1.54, 1.807) is 0 Å². The lowest BCUT2D eigenvalue weighted by atomic mass is 9.49. The summed E-state index contributed by atoms with van der Waals surface area (Å²) in [5.74, 6) is 5.67. The first-order valence-corrected chi connectivity index (χ1v) is 14.9. The summed E-state index contributed by atoms with van der Waals surface area (Å²) >= 11 is 0. The van der Waals surface area contributed by atoms with Crippen molar-refractivity contribution in [2.45, 2.75) is 103 Å². The van der Waals surface area contributed by atoms with Crippen LogP contribution in [0.5, 0.6) is 0 Å². The molecule has 0 radical (unpaired) electrons. The van der Waals surface area contributed by atoms with Crippen LogP contribution in [0, 0.1) is 46.3 Å². The molecule has 36 heavy (non-hydrogen) atoms. The zero-order valence-electron chi connectivity index (χ0n) is 21.8. The number of nitrogens with zero attached hydrogens (tertiary/aromatic N) is 1. The Hall–Kier alpha value is -1.91. The molecule has 0 atom stereocenters. The quantitative estimate of drug-likeness (QED) is 0.505. The number of hydrogen-bond donors (Lipinski definition) is 2. The van der Waals surface area contributed by atoms with Crippen molar-refractivity contribution in [1.82, 2.24) is 15.6 Å². The van der Waals surface area contributed by atoms with Crippen LogP contribution >= 0.6 is 0 Å². The van der Waals surface area contributed by atoms with Crippen molar-refractivity contribution in [3.8, 4) is 0 Å². The largest absolute Gasteiger partial charge is 0.352 e. The van der Waals surface area contributed by atoms with Crippen LogP contribution in [0.25, 0.3) is 0 Å². The van der Waals surface area contributed by atoms with E-state index >= 15 is 0 Å². The fourth-order valence-corrected chi connectivity index (χ4v) is 11.0. The lowest BCUT2D eigenvalue weighted by molar-refractivity contribution is -0.130. The average Bonchev–Trinajstić information content (AvgIpc) is 2.79. The molecule has 8 fully saturated rings. The standard InChI is InChI=1S/C31H43N3O2/c35-28(14-30-8-20-1-21(9-30)3-22(2-20)10-30)33-18-26-7-27(17-32-16-26)19-34-29(36)15-31-11-23-4-24(12-31)6-25(5-23)13-31/h7,16-17,20-25H,1-6,8-15,18-19H2,(H,33,35)(H,34,36). The van der Waals surface area contributed by atoms with Gasteiger partial charge in [-0.05, 0) is 141 Å². The Morgan fingerprint density at radius 3 is 1.31 bits per heavy atom. The summed E-state index contributed by atoms with van der Waals surface area (Å²) < 4.78 is 0. The van der Waals surface area contributed by atoms with Gasteiger partial charge in [-0.15, -0.1) is 0 Å². The lowest BCUT2D eigenvalue weighted by Gasteiger charge is -2.56. The van der Waals surface area contributed by atoms with E-state index in [0.29, 0.717) is 25.9 Å². The molecule has 0 saturated heterocycles. The summed E-state index contributed by atoms with van der Waals surface area (Å²) in [5, 5.41) is 6.37. The Bertz CT molecular complexity index is 885. The summed E-state index contributed by atoms with van der Waals surface area (Å²) in [5.41, 5.74) is 2.59. The molecule has 0 spiro atoms. The van der Waals surface area contributed by atoms with Gasteiger partial charge in [-0.25, -0.2) is 0 Å². The predicted octanol–water partition coefficient (Wildman–Crippen LogP) is 5.53. The molecular formula is C31H43N3O2. The van der Waals surface area contributed by atoms with Crippen LogP contribution in [0.15, 0.2) is 18.5 Å². The van der Waals surface area contributed by atoms with Gasteiger partial charge in [0, 0.05) is 38.3 Å². The van der Waals surface area contributed by atoms with Crippen molar-refractivity contribution < 1.29 is 9.59 Å². The van der Waals surface area contributed by atoms with Gasteiger partial charge in [0.05, 0.1) is 0 Å². The topological polar surface area (TPSA) is 71.1 Å². The minimum Gasteiger partial charge on any atom is -0.352 e. The van der Waals surface area contributed by atoms with Crippen molar-refractivity contribution in [3.63, 3.8) is 0 Å². The minimum absolute atomic E-state index is 0.200. The molecule has 1 heterocycles. The number of hydrogen-bond acceptors (Lipinski definition) is 3. The summed E-state index contributed by atoms with van der Waals surface area (Å²) in [6.45, 7) is 1.04. The van der Waals surface area contributed by atoms with Crippen LogP contribution in [-0.4, -0.2) is 16.8 Å². The smallest absolute Gasteiger partial charge is 0.220 e. The summed E-state index contributed by atoms with van der Waals surface area (Å²) in [6, 6.07) is 2.09. The summed E-state index contributed by atoms with van der Waals surface area (Å²) in [7, 11) is 0. The van der Waals surface area contributed by atoms with Gasteiger partial charge in [-0.3, -0.25) is 14.6 Å². The average molecular weight is 490 g/mol. The number of rotatable bonds is 8. The van der Waals surface area contributed by atoms with E-state index in [-0.39, 0.29) is 22.6 Å². The number of amides is 2. The second kappa shape index (κ2) is 8.84. The van der Waals surface area contributed by atoms with Crippen LogP contribution in [-0.2, 0) is 22.7 Å². The highest BCUT2D eigenvalue weighted by Gasteiger charge is 2.52. The maximum absolute atomic E-state index is 12.9. The first-order chi connectivity index (χ1) is 17.4. The van der Waals surface area contributed by atoms with Gasteiger partial charge in [0.15, 0.2) is 0 Å². The summed E-state index contributed by atoms with van der Waals surface area (Å²) in [4.78, 5) is 30.2. The third-order valence-corrected chi connectivity index (χ3v) is 11.2. The van der Waals surface area contributed by atoms with Gasteiger partial charge in [0.25, 0.3) is 0 Å². The molecule has 0 aliphatic heterocycles. The van der Waals surface area contributed by atoms with Crippen molar-refractivity contribution in [2.24, 2.45) is 46.3 Å². The van der Waals surface area contributed by atoms with Gasteiger partial charge in [-0.1, -0.05) is 0 Å². The first kappa shape index (κ1) is 23.2. The third-order valence-electron chi connectivity index (χ3n) is 11.2. The zero-order valence-corrected chi connectivity index (χ0v) is 21.8. The highest BCUT2D eigenvalue weighted by Crippen LogP contribution is 2.62. The number of nitrogens with one attached hydrogen (secondary N) is 2. The third kappa shape index (κ3) is 4.60. The molecule has 1 aromatic rings. The minimum atomic E-state index is 0.200. The van der Waals surface area contributed by atoms with Crippen LogP contribution in [0.4, 0.5) is 0 Å². The number of carbonyl (C=O) groups excluding carboxylic acids is 2. The molecule has 1 aromatic heterocycles. The fraction of sp³-hybridized carbons (Fsp3) is 0.774. The molecule has 8 aliphatic carbocycles. The molecule has 8 saturated carbocycles. The monoisotopic (exact) mass is 489 g/mol. The van der Waals surface area contributed by atoms with Crippen LogP contribution in [0.2, 0.25) is 0 Å². The van der Waals surface area contributed by atoms with Gasteiger partial charge < -0.3 is 10.6 Å². The van der Waals surface area contributed by atoms with Crippen molar-refractivity contribution in [2.75, 3.05) is 0 Å². The molecule has 8 bridgehead atoms. The molecule has 5 heteroatoms. The van der Waals surface area contributed by atoms with Crippen LogP contribution < -0.4 is 10.6 Å². The van der Waals surface area contributed by atoms with E-state index in [9.17, 15) is 9.59 Å². The lowest BCUT2D eigenvalue weighted by Crippen LogP contribution is -2.48. The first-order valence-electron chi connectivity index (χ1n) is 14.9. The molecule has 5 nitrogen and oxygen atoms in total. The van der Waals surface area contributed by atoms with E-state index in [0.717, 1.165) is 46.6 Å². The Labute approximate surface area is 216 Å².